The Kier molecular flexibility index (Phi) is 4.37. The summed E-state index contributed by atoms with van der Waals surface area (Å²) in [5.74, 6) is -1.48. The van der Waals surface area contributed by atoms with Gasteiger partial charge in [0, 0.05) is 23.9 Å². The number of amides is 1. The highest BCUT2D eigenvalue weighted by atomic mass is 16.4. The van der Waals surface area contributed by atoms with Crippen LogP contribution >= 0.6 is 0 Å². The number of rotatable bonds is 7. The Morgan fingerprint density at radius 2 is 2.05 bits per heavy atom. The van der Waals surface area contributed by atoms with Crippen LogP contribution in [0.5, 0.6) is 0 Å². The third-order valence-corrected chi connectivity index (χ3v) is 2.97. The van der Waals surface area contributed by atoms with Gasteiger partial charge in [0.25, 0.3) is 0 Å². The number of nitrogens with one attached hydrogen (secondary N) is 1. The van der Waals surface area contributed by atoms with Gasteiger partial charge in [0.1, 0.15) is 5.58 Å². The number of hydrogen-bond donors (Lipinski definition) is 3. The Morgan fingerprint density at radius 1 is 1.30 bits per heavy atom. The van der Waals surface area contributed by atoms with E-state index in [-0.39, 0.29) is 11.7 Å². The van der Waals surface area contributed by atoms with Crippen molar-refractivity contribution in [2.45, 2.75) is 19.4 Å². The Bertz CT molecular complexity index is 633. The molecule has 4 N–H and O–H groups in total. The predicted molar refractivity (Wildman–Crippen MR) is 73.3 cm³/mol. The molecule has 0 radical (unpaired) electrons. The maximum Gasteiger partial charge on any atom is 0.372 e. The van der Waals surface area contributed by atoms with E-state index in [1.165, 1.54) is 0 Å². The van der Waals surface area contributed by atoms with Gasteiger partial charge >= 0.3 is 5.97 Å². The van der Waals surface area contributed by atoms with E-state index in [0.717, 1.165) is 5.39 Å². The van der Waals surface area contributed by atoms with E-state index < -0.39 is 5.97 Å². The van der Waals surface area contributed by atoms with Crippen LogP contribution in [0.3, 0.4) is 0 Å². The summed E-state index contributed by atoms with van der Waals surface area (Å²) in [5.41, 5.74) is 6.22. The molecule has 0 aliphatic carbocycles. The number of benzene rings is 1. The molecular formula is C14H16N2O4. The monoisotopic (exact) mass is 276 g/mol. The second kappa shape index (κ2) is 6.21. The van der Waals surface area contributed by atoms with Crippen LogP contribution < -0.4 is 11.1 Å². The summed E-state index contributed by atoms with van der Waals surface area (Å²) in [6.45, 7) is 0.957. The molecule has 0 aliphatic heterocycles. The molecular weight excluding hydrogens is 260 g/mol. The topological polar surface area (TPSA) is 106 Å². The molecule has 0 unspecified atom stereocenters. The van der Waals surface area contributed by atoms with Gasteiger partial charge in [-0.15, -0.1) is 0 Å². The fourth-order valence-corrected chi connectivity index (χ4v) is 2.05. The van der Waals surface area contributed by atoms with E-state index >= 15 is 0 Å². The molecule has 0 atom stereocenters. The number of para-hydroxylation sites is 1. The summed E-state index contributed by atoms with van der Waals surface area (Å²) < 4.78 is 5.34. The molecule has 0 fully saturated rings. The summed E-state index contributed by atoms with van der Waals surface area (Å²) >= 11 is 0. The minimum Gasteiger partial charge on any atom is -0.475 e. The molecule has 6 heteroatoms. The van der Waals surface area contributed by atoms with Crippen molar-refractivity contribution in [3.8, 4) is 0 Å². The molecule has 0 saturated heterocycles. The standard InChI is InChI=1S/C14H16N2O4/c15-12(17)6-3-7-16-8-10-9-4-1-2-5-11(9)20-13(10)14(18)19/h1-2,4-5,16H,3,6-8H2,(H2,15,17)(H,18,19). The van der Waals surface area contributed by atoms with Crippen LogP contribution in [0.4, 0.5) is 0 Å². The SMILES string of the molecule is NC(=O)CCCNCc1c(C(=O)O)oc2ccccc12. The summed E-state index contributed by atoms with van der Waals surface area (Å²) in [5, 5.41) is 13.0. The Morgan fingerprint density at radius 3 is 2.75 bits per heavy atom. The van der Waals surface area contributed by atoms with Gasteiger partial charge in [-0.05, 0) is 19.0 Å². The molecule has 6 nitrogen and oxygen atoms in total. The lowest BCUT2D eigenvalue weighted by Crippen LogP contribution is -2.19. The molecule has 1 aromatic carbocycles. The Balaban J connectivity index is 2.09. The Labute approximate surface area is 115 Å². The molecule has 20 heavy (non-hydrogen) atoms. The number of nitrogens with two attached hydrogens (primary N) is 1. The average molecular weight is 276 g/mol. The van der Waals surface area contributed by atoms with E-state index in [1.54, 1.807) is 12.1 Å². The lowest BCUT2D eigenvalue weighted by Gasteiger charge is -2.03. The summed E-state index contributed by atoms with van der Waals surface area (Å²) in [6.07, 6.45) is 0.929. The highest BCUT2D eigenvalue weighted by molar-refractivity contribution is 5.95. The number of carbonyl (C=O) groups excluding carboxylic acids is 1. The lowest BCUT2D eigenvalue weighted by atomic mass is 10.1. The first-order valence-corrected chi connectivity index (χ1v) is 6.32. The number of carbonyl (C=O) groups is 2. The zero-order valence-electron chi connectivity index (χ0n) is 10.9. The van der Waals surface area contributed by atoms with Crippen molar-refractivity contribution in [1.82, 2.24) is 5.32 Å². The second-order valence-electron chi connectivity index (χ2n) is 4.46. The zero-order chi connectivity index (χ0) is 14.5. The first-order chi connectivity index (χ1) is 9.59. The van der Waals surface area contributed by atoms with Crippen molar-refractivity contribution in [1.29, 1.82) is 0 Å². The number of furan rings is 1. The fraction of sp³-hybridized carbons (Fsp3) is 0.286. The van der Waals surface area contributed by atoms with Crippen LogP contribution in [0.15, 0.2) is 28.7 Å². The summed E-state index contributed by atoms with van der Waals surface area (Å²) in [4.78, 5) is 21.8. The van der Waals surface area contributed by atoms with Crippen molar-refractivity contribution in [3.05, 3.63) is 35.6 Å². The molecule has 0 bridgehead atoms. The van der Waals surface area contributed by atoms with Crippen LogP contribution in [0.25, 0.3) is 11.0 Å². The van der Waals surface area contributed by atoms with Crippen LogP contribution in [0.1, 0.15) is 29.0 Å². The molecule has 106 valence electrons. The van der Waals surface area contributed by atoms with Crippen molar-refractivity contribution in [3.63, 3.8) is 0 Å². The van der Waals surface area contributed by atoms with Crippen molar-refractivity contribution in [2.75, 3.05) is 6.54 Å². The van der Waals surface area contributed by atoms with E-state index in [4.69, 9.17) is 15.3 Å². The van der Waals surface area contributed by atoms with Crippen LogP contribution in [-0.2, 0) is 11.3 Å². The van der Waals surface area contributed by atoms with Crippen LogP contribution in [-0.4, -0.2) is 23.5 Å². The Hall–Kier alpha value is -2.34. The number of aromatic carboxylic acids is 1. The maximum absolute atomic E-state index is 11.2. The van der Waals surface area contributed by atoms with Gasteiger partial charge in [0.05, 0.1) is 0 Å². The lowest BCUT2D eigenvalue weighted by molar-refractivity contribution is -0.118. The zero-order valence-corrected chi connectivity index (χ0v) is 10.9. The number of primary amides is 1. The summed E-state index contributed by atoms with van der Waals surface area (Å²) in [6, 6.07) is 7.19. The second-order valence-corrected chi connectivity index (χ2v) is 4.46. The minimum absolute atomic E-state index is 0.0476. The van der Waals surface area contributed by atoms with Gasteiger partial charge in [0.2, 0.25) is 11.7 Å². The molecule has 1 aromatic heterocycles. The molecule has 2 rings (SSSR count). The fourth-order valence-electron chi connectivity index (χ4n) is 2.05. The third kappa shape index (κ3) is 3.16. The number of carboxylic acids is 1. The number of carboxylic acid groups (broad SMARTS) is 1. The first-order valence-electron chi connectivity index (χ1n) is 6.32. The number of hydrogen-bond acceptors (Lipinski definition) is 4. The first kappa shape index (κ1) is 14.1. The minimum atomic E-state index is -1.09. The normalized spacial score (nSPS) is 10.8. The number of fused-ring (bicyclic) bond motifs is 1. The van der Waals surface area contributed by atoms with Crippen LogP contribution in [0.2, 0.25) is 0 Å². The molecule has 0 aliphatic rings. The van der Waals surface area contributed by atoms with Gasteiger partial charge in [-0.3, -0.25) is 4.79 Å². The van der Waals surface area contributed by atoms with E-state index in [1.807, 2.05) is 12.1 Å². The summed E-state index contributed by atoms with van der Waals surface area (Å²) in [7, 11) is 0. The van der Waals surface area contributed by atoms with Gasteiger partial charge < -0.3 is 20.6 Å². The smallest absolute Gasteiger partial charge is 0.372 e. The largest absolute Gasteiger partial charge is 0.475 e. The third-order valence-electron chi connectivity index (χ3n) is 2.97. The van der Waals surface area contributed by atoms with Crippen molar-refractivity contribution >= 4 is 22.8 Å². The highest BCUT2D eigenvalue weighted by Crippen LogP contribution is 2.25. The van der Waals surface area contributed by atoms with Crippen molar-refractivity contribution in [2.24, 2.45) is 5.73 Å². The molecule has 1 heterocycles. The molecule has 0 spiro atoms. The van der Waals surface area contributed by atoms with Crippen LogP contribution in [0, 0.1) is 0 Å². The van der Waals surface area contributed by atoms with Gasteiger partial charge in [-0.2, -0.15) is 0 Å². The van der Waals surface area contributed by atoms with Gasteiger partial charge in [0.15, 0.2) is 0 Å². The molecule has 1 amide bonds. The average Bonchev–Trinajstić information content (AvgIpc) is 2.77. The quantitative estimate of drug-likeness (QED) is 0.664. The van der Waals surface area contributed by atoms with Crippen molar-refractivity contribution < 1.29 is 19.1 Å². The predicted octanol–water partition coefficient (Wildman–Crippen LogP) is 1.49. The molecule has 2 aromatic rings. The van der Waals surface area contributed by atoms with Gasteiger partial charge in [-0.1, -0.05) is 18.2 Å². The van der Waals surface area contributed by atoms with E-state index in [9.17, 15) is 9.59 Å². The van der Waals surface area contributed by atoms with E-state index in [2.05, 4.69) is 5.32 Å². The maximum atomic E-state index is 11.2. The van der Waals surface area contributed by atoms with Gasteiger partial charge in [-0.25, -0.2) is 4.79 Å². The highest BCUT2D eigenvalue weighted by Gasteiger charge is 2.18. The van der Waals surface area contributed by atoms with E-state index in [0.29, 0.717) is 37.1 Å². The molecule has 0 saturated carbocycles.